The van der Waals surface area contributed by atoms with Crippen molar-refractivity contribution in [1.29, 1.82) is 0 Å². The molecular weight excluding hydrogens is 342 g/mol. The number of hydrogen-bond donors (Lipinski definition) is 1. The van der Waals surface area contributed by atoms with Crippen molar-refractivity contribution >= 4 is 39.4 Å². The van der Waals surface area contributed by atoms with Gasteiger partial charge in [0.1, 0.15) is 0 Å². The van der Waals surface area contributed by atoms with E-state index in [2.05, 4.69) is 15.3 Å². The predicted octanol–water partition coefficient (Wildman–Crippen LogP) is 3.58. The van der Waals surface area contributed by atoms with Gasteiger partial charge in [0.05, 0.1) is 16.6 Å². The smallest absolute Gasteiger partial charge is 0.338 e. The molecule has 3 aromatic carbocycles. The summed E-state index contributed by atoms with van der Waals surface area (Å²) in [7, 11) is 0. The molecule has 0 aliphatic carbocycles. The van der Waals surface area contributed by atoms with Gasteiger partial charge in [-0.05, 0) is 29.7 Å². The Labute approximate surface area is 154 Å². The summed E-state index contributed by atoms with van der Waals surface area (Å²) in [5.41, 5.74) is 2.27. The van der Waals surface area contributed by atoms with Crippen LogP contribution in [0.15, 0.2) is 73.1 Å². The number of esters is 1. The van der Waals surface area contributed by atoms with Crippen molar-refractivity contribution in [2.75, 3.05) is 11.9 Å². The molecule has 0 saturated carbocycles. The summed E-state index contributed by atoms with van der Waals surface area (Å²) in [5, 5.41) is 4.72. The minimum Gasteiger partial charge on any atom is -0.452 e. The van der Waals surface area contributed by atoms with Crippen molar-refractivity contribution in [3.05, 3.63) is 78.6 Å². The van der Waals surface area contributed by atoms with Crippen LogP contribution < -0.4 is 5.32 Å². The number of hydrogen-bond acceptors (Lipinski definition) is 5. The first kappa shape index (κ1) is 16.7. The highest BCUT2D eigenvalue weighted by Crippen LogP contribution is 2.22. The third-order valence-corrected chi connectivity index (χ3v) is 4.10. The zero-order valence-corrected chi connectivity index (χ0v) is 14.3. The minimum atomic E-state index is -0.587. The maximum atomic E-state index is 12.2. The van der Waals surface area contributed by atoms with Gasteiger partial charge in [0, 0.05) is 23.5 Å². The molecule has 4 rings (SSSR count). The lowest BCUT2D eigenvalue weighted by atomic mass is 10.1. The Balaban J connectivity index is 1.43. The van der Waals surface area contributed by atoms with Gasteiger partial charge < -0.3 is 10.1 Å². The van der Waals surface area contributed by atoms with E-state index in [0.717, 1.165) is 10.8 Å². The fourth-order valence-corrected chi connectivity index (χ4v) is 2.83. The molecule has 0 bridgehead atoms. The highest BCUT2D eigenvalue weighted by molar-refractivity contribution is 6.03. The van der Waals surface area contributed by atoms with Crippen LogP contribution >= 0.6 is 0 Å². The molecule has 1 N–H and O–H groups in total. The lowest BCUT2D eigenvalue weighted by Gasteiger charge is -2.09. The Morgan fingerprint density at radius 2 is 1.67 bits per heavy atom. The monoisotopic (exact) mass is 357 g/mol. The molecular formula is C21H15N3O3. The van der Waals surface area contributed by atoms with Crippen LogP contribution in [-0.2, 0) is 9.53 Å². The first-order valence-corrected chi connectivity index (χ1v) is 8.36. The summed E-state index contributed by atoms with van der Waals surface area (Å²) in [6, 6.07) is 18.2. The number of carbonyl (C=O) groups is 2. The van der Waals surface area contributed by atoms with Crippen LogP contribution in [0, 0.1) is 0 Å². The lowest BCUT2D eigenvalue weighted by Crippen LogP contribution is -2.21. The molecule has 0 saturated heterocycles. The number of fused-ring (bicyclic) bond motifs is 2. The summed E-state index contributed by atoms with van der Waals surface area (Å²) in [5.74, 6) is -0.990. The first-order valence-electron chi connectivity index (χ1n) is 8.36. The van der Waals surface area contributed by atoms with E-state index in [1.54, 1.807) is 30.6 Å². The maximum absolute atomic E-state index is 12.2. The van der Waals surface area contributed by atoms with Crippen LogP contribution in [0.5, 0.6) is 0 Å². The highest BCUT2D eigenvalue weighted by atomic mass is 16.5. The Hall–Kier alpha value is -3.80. The number of carbonyl (C=O) groups excluding carboxylic acids is 2. The third-order valence-electron chi connectivity index (χ3n) is 4.10. The van der Waals surface area contributed by atoms with Crippen molar-refractivity contribution in [3.8, 4) is 0 Å². The van der Waals surface area contributed by atoms with Crippen molar-refractivity contribution < 1.29 is 14.3 Å². The molecule has 0 atom stereocenters. The van der Waals surface area contributed by atoms with E-state index < -0.39 is 11.9 Å². The average molecular weight is 357 g/mol. The molecule has 27 heavy (non-hydrogen) atoms. The number of rotatable bonds is 4. The van der Waals surface area contributed by atoms with E-state index in [1.807, 2.05) is 42.5 Å². The number of anilines is 1. The van der Waals surface area contributed by atoms with E-state index in [-0.39, 0.29) is 6.61 Å². The van der Waals surface area contributed by atoms with Crippen LogP contribution in [-0.4, -0.2) is 28.5 Å². The molecule has 6 heteroatoms. The van der Waals surface area contributed by atoms with Gasteiger partial charge in [-0.25, -0.2) is 4.79 Å². The predicted molar refractivity (Wildman–Crippen MR) is 102 cm³/mol. The molecule has 0 spiro atoms. The van der Waals surface area contributed by atoms with Crippen molar-refractivity contribution in [3.63, 3.8) is 0 Å². The number of aromatic nitrogens is 2. The fraction of sp³-hybridized carbons (Fsp3) is 0.0476. The number of nitrogens with one attached hydrogen (secondary N) is 1. The highest BCUT2D eigenvalue weighted by Gasteiger charge is 2.12. The summed E-state index contributed by atoms with van der Waals surface area (Å²) in [4.78, 5) is 32.7. The zero-order chi connectivity index (χ0) is 18.6. The molecule has 0 unspecified atom stereocenters. The van der Waals surface area contributed by atoms with Crippen molar-refractivity contribution in [2.24, 2.45) is 0 Å². The normalized spacial score (nSPS) is 10.7. The largest absolute Gasteiger partial charge is 0.452 e. The van der Waals surface area contributed by atoms with Gasteiger partial charge in [0.15, 0.2) is 6.61 Å². The van der Waals surface area contributed by atoms with Crippen LogP contribution in [0.2, 0.25) is 0 Å². The van der Waals surface area contributed by atoms with Crippen LogP contribution in [0.25, 0.3) is 21.8 Å². The maximum Gasteiger partial charge on any atom is 0.338 e. The van der Waals surface area contributed by atoms with Crippen LogP contribution in [0.1, 0.15) is 10.4 Å². The Kier molecular flexibility index (Phi) is 4.45. The standard InChI is InChI=1S/C21H15N3O3/c25-20(24-17-7-3-5-14-4-1-2-6-16(14)17)13-27-21(26)15-8-9-18-19(12-15)23-11-10-22-18/h1-12H,13H2,(H,24,25). The molecule has 0 fully saturated rings. The molecule has 0 aliphatic heterocycles. The topological polar surface area (TPSA) is 81.2 Å². The number of ether oxygens (including phenoxy) is 1. The van der Waals surface area contributed by atoms with E-state index in [0.29, 0.717) is 22.3 Å². The second-order valence-corrected chi connectivity index (χ2v) is 5.91. The minimum absolute atomic E-state index is 0.320. The molecule has 6 nitrogen and oxygen atoms in total. The Bertz CT molecular complexity index is 1150. The molecule has 0 aliphatic rings. The number of nitrogens with zero attached hydrogens (tertiary/aromatic N) is 2. The van der Waals surface area contributed by atoms with E-state index >= 15 is 0 Å². The second-order valence-electron chi connectivity index (χ2n) is 5.91. The quantitative estimate of drug-likeness (QED) is 0.565. The average Bonchev–Trinajstić information content (AvgIpc) is 2.72. The summed E-state index contributed by atoms with van der Waals surface area (Å²) >= 11 is 0. The van der Waals surface area contributed by atoms with E-state index in [1.165, 1.54) is 0 Å². The molecule has 1 heterocycles. The molecule has 132 valence electrons. The molecule has 1 aromatic heterocycles. The summed E-state index contributed by atoms with van der Waals surface area (Å²) in [6.45, 7) is -0.374. The van der Waals surface area contributed by atoms with Crippen molar-refractivity contribution in [1.82, 2.24) is 9.97 Å². The van der Waals surface area contributed by atoms with Gasteiger partial charge in [0.25, 0.3) is 5.91 Å². The molecule has 1 amide bonds. The van der Waals surface area contributed by atoms with Crippen molar-refractivity contribution in [2.45, 2.75) is 0 Å². The fourth-order valence-electron chi connectivity index (χ4n) is 2.83. The second kappa shape index (κ2) is 7.21. The number of benzene rings is 3. The lowest BCUT2D eigenvalue weighted by molar-refractivity contribution is -0.119. The van der Waals surface area contributed by atoms with E-state index in [4.69, 9.17) is 4.74 Å². The molecule has 4 aromatic rings. The summed E-state index contributed by atoms with van der Waals surface area (Å²) in [6.07, 6.45) is 3.13. The SMILES string of the molecule is O=C(COC(=O)c1ccc2nccnc2c1)Nc1cccc2ccccc12. The van der Waals surface area contributed by atoms with Gasteiger partial charge in [0.2, 0.25) is 0 Å². The van der Waals surface area contributed by atoms with E-state index in [9.17, 15) is 9.59 Å². The van der Waals surface area contributed by atoms with Gasteiger partial charge in [-0.1, -0.05) is 36.4 Å². The van der Waals surface area contributed by atoms with Gasteiger partial charge in [-0.2, -0.15) is 0 Å². The van der Waals surface area contributed by atoms with Gasteiger partial charge in [-0.15, -0.1) is 0 Å². The van der Waals surface area contributed by atoms with Gasteiger partial charge in [-0.3, -0.25) is 14.8 Å². The Morgan fingerprint density at radius 3 is 2.56 bits per heavy atom. The summed E-state index contributed by atoms with van der Waals surface area (Å²) < 4.78 is 5.12. The molecule has 0 radical (unpaired) electrons. The van der Waals surface area contributed by atoms with Gasteiger partial charge >= 0.3 is 5.97 Å². The zero-order valence-electron chi connectivity index (χ0n) is 14.3. The third kappa shape index (κ3) is 3.59. The van der Waals surface area contributed by atoms with Crippen LogP contribution in [0.4, 0.5) is 5.69 Å². The number of amides is 1. The van der Waals surface area contributed by atoms with Crippen LogP contribution in [0.3, 0.4) is 0 Å². The Morgan fingerprint density at radius 1 is 0.889 bits per heavy atom. The first-order chi connectivity index (χ1) is 13.2.